The van der Waals surface area contributed by atoms with Crippen LogP contribution in [0.1, 0.15) is 19.3 Å². The first kappa shape index (κ1) is 26.3. The van der Waals surface area contributed by atoms with Crippen molar-refractivity contribution in [3.63, 3.8) is 0 Å². The first-order chi connectivity index (χ1) is 18.3. The molecular weight excluding hydrogens is 518 g/mol. The van der Waals surface area contributed by atoms with Crippen molar-refractivity contribution in [2.75, 3.05) is 6.61 Å². The zero-order valence-electron chi connectivity index (χ0n) is 21.5. The predicted octanol–water partition coefficient (Wildman–Crippen LogP) is 4.47. The van der Waals surface area contributed by atoms with Crippen LogP contribution >= 0.6 is 0 Å². The molecule has 1 fully saturated rings. The molecule has 0 bridgehead atoms. The summed E-state index contributed by atoms with van der Waals surface area (Å²) in [5.41, 5.74) is 3.50. The van der Waals surface area contributed by atoms with Crippen LogP contribution in [0.4, 0.5) is 0 Å². The van der Waals surface area contributed by atoms with Gasteiger partial charge in [-0.3, -0.25) is 9.78 Å². The van der Waals surface area contributed by atoms with E-state index in [9.17, 15) is 13.2 Å². The summed E-state index contributed by atoms with van der Waals surface area (Å²) in [6, 6.07) is 18.9. The second kappa shape index (κ2) is 10.8. The fourth-order valence-electron chi connectivity index (χ4n) is 4.77. The van der Waals surface area contributed by atoms with Crippen LogP contribution in [0.5, 0.6) is 0 Å². The van der Waals surface area contributed by atoms with Crippen LogP contribution < -0.4 is 10.8 Å². The molecule has 2 aromatic carbocycles. The Hall–Kier alpha value is -3.31. The van der Waals surface area contributed by atoms with Crippen LogP contribution in [-0.4, -0.2) is 44.3 Å². The molecule has 1 unspecified atom stereocenters. The van der Waals surface area contributed by atoms with E-state index in [1.54, 1.807) is 30.5 Å². The molecule has 0 aliphatic carbocycles. The van der Waals surface area contributed by atoms with E-state index in [2.05, 4.69) is 23.6 Å². The highest BCUT2D eigenvalue weighted by atomic mass is 32.2. The summed E-state index contributed by atoms with van der Waals surface area (Å²) < 4.78 is 35.4. The number of allylic oxidation sites excluding steroid dienone is 1. The molecule has 4 aromatic rings. The van der Waals surface area contributed by atoms with Gasteiger partial charge in [-0.25, -0.2) is 22.7 Å². The van der Waals surface area contributed by atoms with E-state index in [0.717, 1.165) is 35.4 Å². The number of hydroxylamine groups is 1. The molecule has 10 heteroatoms. The minimum atomic E-state index is -3.97. The molecule has 1 amide bonds. The molecular formula is C28H31N3O5SSi. The molecule has 3 heterocycles. The minimum Gasteiger partial charge on any atom is -0.350 e. The fourth-order valence-corrected chi connectivity index (χ4v) is 9.60. The molecule has 0 saturated carbocycles. The van der Waals surface area contributed by atoms with E-state index in [-0.39, 0.29) is 10.8 Å². The Bertz CT molecular complexity index is 1600. The Labute approximate surface area is 223 Å². The number of rotatable bonds is 8. The van der Waals surface area contributed by atoms with Crippen LogP contribution in [0.15, 0.2) is 83.9 Å². The van der Waals surface area contributed by atoms with Gasteiger partial charge in [-0.05, 0) is 43.2 Å². The van der Waals surface area contributed by atoms with E-state index in [4.69, 9.17) is 9.57 Å². The van der Waals surface area contributed by atoms with Crippen LogP contribution in [-0.2, 0) is 24.4 Å². The number of nitrogens with one attached hydrogen (secondary N) is 1. The number of hydrogen-bond donors (Lipinski definition) is 1. The van der Waals surface area contributed by atoms with Gasteiger partial charge in [0.15, 0.2) is 6.29 Å². The first-order valence-electron chi connectivity index (χ1n) is 12.7. The van der Waals surface area contributed by atoms with Gasteiger partial charge in [0.1, 0.15) is 13.0 Å². The normalized spacial score (nSPS) is 16.8. The number of amides is 1. The number of nitrogens with zero attached hydrogens (tertiary/aromatic N) is 2. The summed E-state index contributed by atoms with van der Waals surface area (Å²) in [7, 11) is -6.38. The molecule has 38 heavy (non-hydrogen) atoms. The Morgan fingerprint density at radius 3 is 2.74 bits per heavy atom. The molecule has 8 nitrogen and oxygen atoms in total. The third-order valence-electron chi connectivity index (χ3n) is 6.80. The number of ether oxygens (including phenoxy) is 1. The Morgan fingerprint density at radius 2 is 1.92 bits per heavy atom. The Balaban J connectivity index is 1.46. The largest absolute Gasteiger partial charge is 0.350 e. The van der Waals surface area contributed by atoms with Gasteiger partial charge in [0, 0.05) is 41.4 Å². The van der Waals surface area contributed by atoms with Gasteiger partial charge in [0.25, 0.3) is 15.9 Å². The van der Waals surface area contributed by atoms with Gasteiger partial charge in [-0.2, -0.15) is 0 Å². The first-order valence-corrected chi connectivity index (χ1v) is 17.4. The second-order valence-electron chi connectivity index (χ2n) is 10.1. The van der Waals surface area contributed by atoms with Crippen LogP contribution in [0, 0.1) is 0 Å². The van der Waals surface area contributed by atoms with Crippen molar-refractivity contribution in [1.82, 2.24) is 14.4 Å². The fraction of sp³-hybridized carbons (Fsp3) is 0.286. The van der Waals surface area contributed by atoms with Crippen molar-refractivity contribution in [2.45, 2.75) is 49.6 Å². The van der Waals surface area contributed by atoms with E-state index >= 15 is 0 Å². The number of para-hydroxylation sites is 2. The maximum Gasteiger partial charge on any atom is 0.270 e. The van der Waals surface area contributed by atoms with Gasteiger partial charge in [-0.15, -0.1) is 0 Å². The predicted molar refractivity (Wildman–Crippen MR) is 150 cm³/mol. The van der Waals surface area contributed by atoms with E-state index < -0.39 is 24.4 Å². The monoisotopic (exact) mass is 549 g/mol. The SMILES string of the molecule is C[Si](C)(CC=CC(=O)NOC1CCCCO1)c1cc2ccccc2n1S(=O)(=O)c1cccc2cccnc12. The summed E-state index contributed by atoms with van der Waals surface area (Å²) in [5, 5.41) is 2.36. The Kier molecular flexibility index (Phi) is 7.49. The number of aromatic nitrogens is 2. The lowest BCUT2D eigenvalue weighted by molar-refractivity contribution is -0.198. The highest BCUT2D eigenvalue weighted by Crippen LogP contribution is 2.28. The van der Waals surface area contributed by atoms with Crippen molar-refractivity contribution in [3.05, 3.63) is 79.0 Å². The summed E-state index contributed by atoms with van der Waals surface area (Å²) in [6.07, 6.45) is 7.16. The molecule has 5 rings (SSSR count). The van der Waals surface area contributed by atoms with Crippen LogP contribution in [0.2, 0.25) is 19.1 Å². The number of benzene rings is 2. The minimum absolute atomic E-state index is 0.167. The average molecular weight is 550 g/mol. The van der Waals surface area contributed by atoms with Gasteiger partial charge in [0.05, 0.1) is 11.0 Å². The molecule has 1 N–H and O–H groups in total. The summed E-state index contributed by atoms with van der Waals surface area (Å²) >= 11 is 0. The molecule has 1 aliphatic heterocycles. The number of carbonyl (C=O) groups is 1. The van der Waals surface area contributed by atoms with Gasteiger partial charge in [-0.1, -0.05) is 55.6 Å². The van der Waals surface area contributed by atoms with E-state index in [1.807, 2.05) is 42.5 Å². The highest BCUT2D eigenvalue weighted by Gasteiger charge is 2.33. The topological polar surface area (TPSA) is 99.5 Å². The zero-order chi connectivity index (χ0) is 26.8. The molecule has 0 radical (unpaired) electrons. The summed E-state index contributed by atoms with van der Waals surface area (Å²) in [6.45, 7) is 4.83. The van der Waals surface area contributed by atoms with Gasteiger partial charge in [0.2, 0.25) is 0 Å². The molecule has 1 aliphatic rings. The maximum atomic E-state index is 14.2. The third-order valence-corrected chi connectivity index (χ3v) is 11.7. The van der Waals surface area contributed by atoms with Crippen molar-refractivity contribution >= 4 is 51.1 Å². The van der Waals surface area contributed by atoms with Gasteiger partial charge >= 0.3 is 0 Å². The highest BCUT2D eigenvalue weighted by molar-refractivity contribution is 7.90. The average Bonchev–Trinajstić information content (AvgIpc) is 3.34. The number of carbonyl (C=O) groups excluding carboxylic acids is 1. The molecule has 1 saturated heterocycles. The summed E-state index contributed by atoms with van der Waals surface area (Å²) in [4.78, 5) is 22.2. The lowest BCUT2D eigenvalue weighted by Crippen LogP contribution is -2.47. The van der Waals surface area contributed by atoms with Crippen molar-refractivity contribution in [1.29, 1.82) is 0 Å². The third kappa shape index (κ3) is 5.30. The van der Waals surface area contributed by atoms with Crippen LogP contribution in [0.25, 0.3) is 21.8 Å². The standard InChI is InChI=1S/C28H31N3O5SSi/c1-38(2,19-9-15-25(32)30-36-27-16-5-6-18-35-27)26-20-22-10-3-4-13-23(22)31(26)37(33,34)24-14-7-11-21-12-8-17-29-28(21)24/h3-4,7-15,17,20,27H,5-6,16,18-19H2,1-2H3,(H,30,32). The molecule has 1 atom stereocenters. The van der Waals surface area contributed by atoms with E-state index in [0.29, 0.717) is 23.7 Å². The number of pyridine rings is 1. The van der Waals surface area contributed by atoms with Crippen molar-refractivity contribution in [3.8, 4) is 0 Å². The van der Waals surface area contributed by atoms with E-state index in [1.165, 1.54) is 10.0 Å². The lowest BCUT2D eigenvalue weighted by Gasteiger charge is -2.24. The van der Waals surface area contributed by atoms with Crippen molar-refractivity contribution in [2.24, 2.45) is 0 Å². The smallest absolute Gasteiger partial charge is 0.270 e. The quantitative estimate of drug-likeness (QED) is 0.198. The number of fused-ring (bicyclic) bond motifs is 2. The number of hydrogen-bond acceptors (Lipinski definition) is 6. The molecule has 2 aromatic heterocycles. The lowest BCUT2D eigenvalue weighted by atomic mass is 10.2. The molecule has 0 spiro atoms. The van der Waals surface area contributed by atoms with Crippen molar-refractivity contribution < 1.29 is 22.8 Å². The van der Waals surface area contributed by atoms with Crippen LogP contribution in [0.3, 0.4) is 0 Å². The molecule has 198 valence electrons. The Morgan fingerprint density at radius 1 is 1.13 bits per heavy atom. The zero-order valence-corrected chi connectivity index (χ0v) is 23.3. The maximum absolute atomic E-state index is 14.2. The summed E-state index contributed by atoms with van der Waals surface area (Å²) in [5.74, 6) is -0.376. The second-order valence-corrected chi connectivity index (χ2v) is 16.5. The van der Waals surface area contributed by atoms with Gasteiger partial charge < -0.3 is 4.74 Å².